The average Bonchev–Trinajstić information content (AvgIpc) is 2.65. The van der Waals surface area contributed by atoms with Crippen LogP contribution in [0.4, 0.5) is 13.2 Å². The highest BCUT2D eigenvalue weighted by molar-refractivity contribution is 6.40. The molecule has 1 heterocycles. The van der Waals surface area contributed by atoms with Crippen LogP contribution in [0.5, 0.6) is 0 Å². The SMILES string of the molecule is CCc1nc(C(F)(F)F)[n+](C)n1-c1c(Cl)cc(Cl)cc1Cl. The van der Waals surface area contributed by atoms with Gasteiger partial charge in [0.15, 0.2) is 0 Å². The smallest absolute Gasteiger partial charge is 0.159 e. The van der Waals surface area contributed by atoms with Gasteiger partial charge in [0.25, 0.3) is 5.82 Å². The second-order valence-electron chi connectivity index (χ2n) is 4.26. The van der Waals surface area contributed by atoms with Crippen molar-refractivity contribution in [1.82, 2.24) is 9.67 Å². The molecule has 21 heavy (non-hydrogen) atoms. The molecule has 0 saturated heterocycles. The summed E-state index contributed by atoms with van der Waals surface area (Å²) in [5, 5.41) is 0.582. The lowest BCUT2D eigenvalue weighted by Crippen LogP contribution is -2.45. The van der Waals surface area contributed by atoms with Gasteiger partial charge < -0.3 is 0 Å². The number of nitrogens with zero attached hydrogens (tertiary/aromatic N) is 3. The van der Waals surface area contributed by atoms with Crippen LogP contribution in [-0.2, 0) is 19.6 Å². The van der Waals surface area contributed by atoms with E-state index in [4.69, 9.17) is 34.8 Å². The van der Waals surface area contributed by atoms with Crippen LogP contribution >= 0.6 is 34.8 Å². The fourth-order valence-corrected chi connectivity index (χ4v) is 2.98. The Morgan fingerprint density at radius 2 is 1.71 bits per heavy atom. The van der Waals surface area contributed by atoms with Crippen LogP contribution in [0.2, 0.25) is 15.1 Å². The van der Waals surface area contributed by atoms with Crippen molar-refractivity contribution in [3.63, 3.8) is 0 Å². The second kappa shape index (κ2) is 5.66. The Bertz CT molecular complexity index is 672. The summed E-state index contributed by atoms with van der Waals surface area (Å²) in [4.78, 5) is 3.63. The minimum Gasteiger partial charge on any atom is -0.159 e. The molecule has 9 heteroatoms. The Hall–Kier alpha value is -0.980. The first-order valence-electron chi connectivity index (χ1n) is 5.86. The number of hydrogen-bond acceptors (Lipinski definition) is 1. The summed E-state index contributed by atoms with van der Waals surface area (Å²) in [7, 11) is 1.25. The molecule has 0 aliphatic heterocycles. The molecule has 2 aromatic rings. The molecule has 2 rings (SSSR count). The number of hydrogen-bond donors (Lipinski definition) is 0. The number of benzene rings is 1. The molecule has 3 nitrogen and oxygen atoms in total. The first-order chi connectivity index (χ1) is 9.66. The number of rotatable bonds is 2. The predicted octanol–water partition coefficient (Wildman–Crippen LogP) is 4.24. The first kappa shape index (κ1) is 16.4. The molecular weight excluding hydrogens is 350 g/mol. The molecule has 114 valence electrons. The van der Waals surface area contributed by atoms with Gasteiger partial charge >= 0.3 is 12.0 Å². The van der Waals surface area contributed by atoms with Crippen molar-refractivity contribution in [2.24, 2.45) is 7.05 Å². The largest absolute Gasteiger partial charge is 0.501 e. The molecule has 0 N–H and O–H groups in total. The fourth-order valence-electron chi connectivity index (χ4n) is 2.00. The van der Waals surface area contributed by atoms with E-state index in [1.807, 2.05) is 0 Å². The molecule has 0 fully saturated rings. The van der Waals surface area contributed by atoms with E-state index in [9.17, 15) is 13.2 Å². The molecule has 0 radical (unpaired) electrons. The van der Waals surface area contributed by atoms with Crippen molar-refractivity contribution in [3.05, 3.63) is 38.8 Å². The summed E-state index contributed by atoms with van der Waals surface area (Å²) < 4.78 is 41.0. The van der Waals surface area contributed by atoms with E-state index in [0.717, 1.165) is 4.68 Å². The van der Waals surface area contributed by atoms with Gasteiger partial charge in [0.05, 0.1) is 10.0 Å². The van der Waals surface area contributed by atoms with Crippen LogP contribution in [0.25, 0.3) is 5.69 Å². The van der Waals surface area contributed by atoms with Crippen LogP contribution in [0.1, 0.15) is 18.6 Å². The van der Waals surface area contributed by atoms with Gasteiger partial charge in [-0.05, 0) is 17.1 Å². The zero-order valence-corrected chi connectivity index (χ0v) is 13.2. The highest BCUT2D eigenvalue weighted by Crippen LogP contribution is 2.33. The van der Waals surface area contributed by atoms with E-state index in [2.05, 4.69) is 4.98 Å². The van der Waals surface area contributed by atoms with Gasteiger partial charge in [-0.25, -0.2) is 0 Å². The van der Waals surface area contributed by atoms with Gasteiger partial charge in [0.1, 0.15) is 12.7 Å². The summed E-state index contributed by atoms with van der Waals surface area (Å²) in [6.45, 7) is 1.69. The van der Waals surface area contributed by atoms with E-state index in [1.54, 1.807) is 6.92 Å². The Labute approximate surface area is 133 Å². The third kappa shape index (κ3) is 2.98. The molecule has 0 amide bonds. The molecule has 0 aliphatic rings. The quantitative estimate of drug-likeness (QED) is 0.735. The zero-order valence-electron chi connectivity index (χ0n) is 11.0. The van der Waals surface area contributed by atoms with Gasteiger partial charge in [0, 0.05) is 11.4 Å². The molecule has 0 bridgehead atoms. The topological polar surface area (TPSA) is 21.7 Å². The van der Waals surface area contributed by atoms with E-state index in [0.29, 0.717) is 5.02 Å². The number of aryl methyl sites for hydroxylation is 1. The summed E-state index contributed by atoms with van der Waals surface area (Å²) in [5.74, 6) is -0.836. The van der Waals surface area contributed by atoms with Crippen molar-refractivity contribution in [1.29, 1.82) is 0 Å². The zero-order chi connectivity index (χ0) is 15.9. The number of halogens is 6. The Kier molecular flexibility index (Phi) is 4.42. The standard InChI is InChI=1S/C12H10Cl3F3N3/c1-3-9-19-11(12(16,17)18)20(2)21(9)10-7(14)4-6(13)5-8(10)15/h4-5H,3H2,1-2H3/q+1. The van der Waals surface area contributed by atoms with E-state index < -0.39 is 12.0 Å². The predicted molar refractivity (Wildman–Crippen MR) is 74.2 cm³/mol. The Morgan fingerprint density at radius 3 is 2.14 bits per heavy atom. The van der Waals surface area contributed by atoms with Crippen LogP contribution in [0, 0.1) is 0 Å². The lowest BCUT2D eigenvalue weighted by molar-refractivity contribution is -0.761. The van der Waals surface area contributed by atoms with E-state index >= 15 is 0 Å². The molecule has 0 saturated carbocycles. The number of aromatic nitrogens is 3. The Balaban J connectivity index is 2.79. The maximum atomic E-state index is 13.0. The summed E-state index contributed by atoms with van der Waals surface area (Å²) in [6, 6.07) is 2.83. The Morgan fingerprint density at radius 1 is 1.19 bits per heavy atom. The van der Waals surface area contributed by atoms with Crippen molar-refractivity contribution < 1.29 is 17.9 Å². The molecule has 1 aromatic heterocycles. The van der Waals surface area contributed by atoms with Crippen LogP contribution in [0.15, 0.2) is 12.1 Å². The lowest BCUT2D eigenvalue weighted by Gasteiger charge is -2.09. The van der Waals surface area contributed by atoms with Gasteiger partial charge in [-0.15, -0.1) is 9.36 Å². The maximum absolute atomic E-state index is 13.0. The molecule has 0 aliphatic carbocycles. The molecule has 0 unspecified atom stereocenters. The molecular formula is C12H10Cl3F3N3+. The van der Waals surface area contributed by atoms with E-state index in [1.165, 1.54) is 23.9 Å². The normalized spacial score (nSPS) is 12.0. The van der Waals surface area contributed by atoms with Gasteiger partial charge in [-0.3, -0.25) is 0 Å². The summed E-state index contributed by atoms with van der Waals surface area (Å²) >= 11 is 18.0. The first-order valence-corrected chi connectivity index (χ1v) is 7.00. The highest BCUT2D eigenvalue weighted by Gasteiger charge is 2.47. The molecule has 0 atom stereocenters. The fraction of sp³-hybridized carbons (Fsp3) is 0.333. The third-order valence-electron chi connectivity index (χ3n) is 2.85. The maximum Gasteiger partial charge on any atom is 0.501 e. The third-order valence-corrected chi connectivity index (χ3v) is 3.64. The second-order valence-corrected chi connectivity index (χ2v) is 5.51. The monoisotopic (exact) mass is 358 g/mol. The van der Waals surface area contributed by atoms with Gasteiger partial charge in [-0.1, -0.05) is 41.7 Å². The van der Waals surface area contributed by atoms with Gasteiger partial charge in [-0.2, -0.15) is 13.2 Å². The van der Waals surface area contributed by atoms with Crippen molar-refractivity contribution >= 4 is 34.8 Å². The number of alkyl halides is 3. The molecule has 1 aromatic carbocycles. The minimum atomic E-state index is -4.57. The summed E-state index contributed by atoms with van der Waals surface area (Å²) in [5.41, 5.74) is 0.213. The van der Waals surface area contributed by atoms with Gasteiger partial charge in [0.2, 0.25) is 0 Å². The van der Waals surface area contributed by atoms with Crippen molar-refractivity contribution in [2.75, 3.05) is 0 Å². The van der Waals surface area contributed by atoms with Crippen LogP contribution in [0.3, 0.4) is 0 Å². The van der Waals surface area contributed by atoms with Crippen molar-refractivity contribution in [2.45, 2.75) is 19.5 Å². The molecule has 0 spiro atoms. The minimum absolute atomic E-state index is 0.143. The van der Waals surface area contributed by atoms with E-state index in [-0.39, 0.29) is 28.0 Å². The van der Waals surface area contributed by atoms with Crippen LogP contribution in [-0.4, -0.2) is 9.67 Å². The average molecular weight is 360 g/mol. The lowest BCUT2D eigenvalue weighted by atomic mass is 10.3. The highest BCUT2D eigenvalue weighted by atomic mass is 35.5. The van der Waals surface area contributed by atoms with Crippen molar-refractivity contribution in [3.8, 4) is 5.69 Å². The van der Waals surface area contributed by atoms with Crippen LogP contribution < -0.4 is 4.68 Å². The summed E-state index contributed by atoms with van der Waals surface area (Å²) in [6.07, 6.45) is -4.30.